The van der Waals surface area contributed by atoms with Crippen molar-refractivity contribution in [3.8, 4) is 5.75 Å². The van der Waals surface area contributed by atoms with Gasteiger partial charge in [-0.25, -0.2) is 8.42 Å². The van der Waals surface area contributed by atoms with E-state index in [0.29, 0.717) is 17.7 Å². The summed E-state index contributed by atoms with van der Waals surface area (Å²) in [6.07, 6.45) is -5.11. The largest absolute Gasteiger partial charge is 0.534 e. The van der Waals surface area contributed by atoms with Crippen LogP contribution in [0.25, 0.3) is 0 Å². The molecule has 1 N–H and O–H groups in total. The molecule has 2 aromatic rings. The van der Waals surface area contributed by atoms with Crippen LogP contribution in [0.2, 0.25) is 5.02 Å². The third-order valence-electron chi connectivity index (χ3n) is 4.09. The zero-order chi connectivity index (χ0) is 26.1. The molecule has 0 fully saturated rings. The van der Waals surface area contributed by atoms with Crippen LogP contribution in [0, 0.1) is 0 Å². The average Bonchev–Trinajstić information content (AvgIpc) is 2.66. The van der Waals surface area contributed by atoms with Gasteiger partial charge in [0.1, 0.15) is 5.75 Å². The molecule has 0 aliphatic rings. The van der Waals surface area contributed by atoms with Crippen molar-refractivity contribution in [1.82, 2.24) is 5.32 Å². The molecular weight excluding hydrogens is 540 g/mol. The summed E-state index contributed by atoms with van der Waals surface area (Å²) in [5.74, 6) is -2.99. The van der Waals surface area contributed by atoms with E-state index >= 15 is 0 Å². The Kier molecular flexibility index (Phi) is 7.84. The van der Waals surface area contributed by atoms with E-state index in [9.17, 15) is 48.0 Å². The summed E-state index contributed by atoms with van der Waals surface area (Å²) in [4.78, 5) is 10.1. The number of halogens is 7. The van der Waals surface area contributed by atoms with E-state index in [1.807, 2.05) is 0 Å². The van der Waals surface area contributed by atoms with Gasteiger partial charge < -0.3 is 9.50 Å². The van der Waals surface area contributed by atoms with Crippen molar-refractivity contribution in [3.63, 3.8) is 0 Å². The average molecular weight is 554 g/mol. The Labute approximate surface area is 194 Å². The quantitative estimate of drug-likeness (QED) is 0.315. The second-order valence-electron chi connectivity index (χ2n) is 6.80. The van der Waals surface area contributed by atoms with E-state index < -0.39 is 59.3 Å². The van der Waals surface area contributed by atoms with Crippen molar-refractivity contribution in [2.75, 3.05) is 0 Å². The number of sulfone groups is 1. The minimum Gasteiger partial charge on any atom is -0.376 e. The first-order valence-electron chi connectivity index (χ1n) is 8.86. The Hall–Kier alpha value is -2.52. The highest BCUT2D eigenvalue weighted by Gasteiger charge is 2.48. The minimum atomic E-state index is -6.00. The van der Waals surface area contributed by atoms with E-state index in [0.717, 1.165) is 18.2 Å². The molecule has 0 spiro atoms. The summed E-state index contributed by atoms with van der Waals surface area (Å²) in [7, 11) is -10.3. The number of carbonyl (C=O) groups excluding carboxylic acids is 1. The molecular formula is C18H14ClF6NO6S2. The Morgan fingerprint density at radius 3 is 2.03 bits per heavy atom. The second kappa shape index (κ2) is 9.62. The van der Waals surface area contributed by atoms with Crippen molar-refractivity contribution >= 4 is 37.5 Å². The van der Waals surface area contributed by atoms with Gasteiger partial charge in [0.15, 0.2) is 0 Å². The normalized spacial score (nSPS) is 13.9. The number of benzene rings is 2. The molecule has 0 aliphatic carbocycles. The summed E-state index contributed by atoms with van der Waals surface area (Å²) < 4.78 is 126. The highest BCUT2D eigenvalue weighted by molar-refractivity contribution is 7.91. The van der Waals surface area contributed by atoms with Gasteiger partial charge in [0.25, 0.3) is 0 Å². The van der Waals surface area contributed by atoms with Crippen LogP contribution in [0.5, 0.6) is 5.75 Å². The Morgan fingerprint density at radius 2 is 1.56 bits per heavy atom. The van der Waals surface area contributed by atoms with Crippen LogP contribution in [-0.4, -0.2) is 40.5 Å². The second-order valence-corrected chi connectivity index (χ2v) is 10.7. The standard InChI is InChI=1S/C18H14ClF6NO6S2/c1-10(26-16(27)17(20,21)22)8-11-2-5-13(6-3-11)33(28,29)15-7-4-12(9-14(15)19)32-34(30,31)18(23,24)25/h2-7,9-10H,8H2,1H3,(H,26,27)/t10-/m1/s1. The maximum Gasteiger partial charge on any atom is 0.534 e. The molecule has 0 heterocycles. The predicted molar refractivity (Wildman–Crippen MR) is 106 cm³/mol. The predicted octanol–water partition coefficient (Wildman–Crippen LogP) is 4.01. The van der Waals surface area contributed by atoms with Gasteiger partial charge >= 0.3 is 27.7 Å². The van der Waals surface area contributed by atoms with Gasteiger partial charge in [-0.2, -0.15) is 34.8 Å². The van der Waals surface area contributed by atoms with Crippen LogP contribution >= 0.6 is 11.6 Å². The lowest BCUT2D eigenvalue weighted by Crippen LogP contribution is -2.42. The summed E-state index contributed by atoms with van der Waals surface area (Å²) in [5, 5.41) is 1.13. The highest BCUT2D eigenvalue weighted by atomic mass is 35.5. The van der Waals surface area contributed by atoms with Gasteiger partial charge in [-0.05, 0) is 43.2 Å². The number of hydrogen-bond acceptors (Lipinski definition) is 6. The first-order valence-corrected chi connectivity index (χ1v) is 12.1. The highest BCUT2D eigenvalue weighted by Crippen LogP contribution is 2.33. The van der Waals surface area contributed by atoms with Gasteiger partial charge in [-0.15, -0.1) is 0 Å². The molecule has 0 bridgehead atoms. The SMILES string of the molecule is C[C@H](Cc1ccc(S(=O)(=O)c2ccc(OS(=O)(=O)C(F)(F)F)cc2Cl)cc1)NC(=O)C(F)(F)F. The first kappa shape index (κ1) is 27.7. The van der Waals surface area contributed by atoms with Gasteiger partial charge in [0.05, 0.1) is 14.8 Å². The monoisotopic (exact) mass is 553 g/mol. The number of rotatable bonds is 7. The van der Waals surface area contributed by atoms with Crippen molar-refractivity contribution < 1.29 is 52.2 Å². The lowest BCUT2D eigenvalue weighted by Gasteiger charge is -2.15. The Balaban J connectivity index is 2.21. The van der Waals surface area contributed by atoms with Gasteiger partial charge in [-0.1, -0.05) is 23.7 Å². The van der Waals surface area contributed by atoms with Crippen LogP contribution in [0.3, 0.4) is 0 Å². The van der Waals surface area contributed by atoms with E-state index in [1.165, 1.54) is 19.1 Å². The molecule has 0 radical (unpaired) electrons. The number of alkyl halides is 6. The van der Waals surface area contributed by atoms with Crippen molar-refractivity contribution in [3.05, 3.63) is 53.1 Å². The van der Waals surface area contributed by atoms with Crippen molar-refractivity contribution in [1.29, 1.82) is 0 Å². The van der Waals surface area contributed by atoms with Gasteiger partial charge in [0.2, 0.25) is 9.84 Å². The summed E-state index contributed by atoms with van der Waals surface area (Å²) in [6, 6.07) is 5.86. The van der Waals surface area contributed by atoms with Crippen LogP contribution in [0.4, 0.5) is 26.3 Å². The first-order chi connectivity index (χ1) is 15.3. The van der Waals surface area contributed by atoms with E-state index in [4.69, 9.17) is 11.6 Å². The van der Waals surface area contributed by atoms with Crippen LogP contribution < -0.4 is 9.50 Å². The zero-order valence-electron chi connectivity index (χ0n) is 16.7. The molecule has 0 unspecified atom stereocenters. The molecule has 1 amide bonds. The summed E-state index contributed by atoms with van der Waals surface area (Å²) in [5.41, 5.74) is -5.32. The molecule has 0 saturated carbocycles. The Bertz CT molecular complexity index is 1280. The number of amides is 1. The lowest BCUT2D eigenvalue weighted by molar-refractivity contribution is -0.174. The third kappa shape index (κ3) is 6.54. The van der Waals surface area contributed by atoms with Crippen molar-refractivity contribution in [2.24, 2.45) is 0 Å². The van der Waals surface area contributed by atoms with Gasteiger partial charge in [0, 0.05) is 12.1 Å². The molecule has 16 heteroatoms. The van der Waals surface area contributed by atoms with Crippen LogP contribution in [-0.2, 0) is 31.2 Å². The fourth-order valence-electron chi connectivity index (χ4n) is 2.57. The van der Waals surface area contributed by atoms with Gasteiger partial charge in [-0.3, -0.25) is 4.79 Å². The van der Waals surface area contributed by atoms with E-state index in [2.05, 4.69) is 4.18 Å². The fourth-order valence-corrected chi connectivity index (χ4v) is 4.81. The van der Waals surface area contributed by atoms with E-state index in [1.54, 1.807) is 5.32 Å². The summed E-state index contributed by atoms with van der Waals surface area (Å²) >= 11 is 5.82. The lowest BCUT2D eigenvalue weighted by atomic mass is 10.1. The molecule has 2 rings (SSSR count). The number of carbonyl (C=O) groups is 1. The van der Waals surface area contributed by atoms with Crippen LogP contribution in [0.15, 0.2) is 52.3 Å². The van der Waals surface area contributed by atoms with E-state index in [-0.39, 0.29) is 11.3 Å². The fraction of sp³-hybridized carbons (Fsp3) is 0.278. The molecule has 188 valence electrons. The van der Waals surface area contributed by atoms with Crippen molar-refractivity contribution in [2.45, 2.75) is 40.9 Å². The topological polar surface area (TPSA) is 107 Å². The van der Waals surface area contributed by atoms with Crippen LogP contribution in [0.1, 0.15) is 12.5 Å². The smallest absolute Gasteiger partial charge is 0.376 e. The molecule has 0 aliphatic heterocycles. The minimum absolute atomic E-state index is 0.0530. The molecule has 34 heavy (non-hydrogen) atoms. The number of nitrogens with one attached hydrogen (secondary N) is 1. The molecule has 2 aromatic carbocycles. The molecule has 0 aromatic heterocycles. The Morgan fingerprint density at radius 1 is 1.00 bits per heavy atom. The number of hydrogen-bond donors (Lipinski definition) is 1. The summed E-state index contributed by atoms with van der Waals surface area (Å²) in [6.45, 7) is 1.32. The molecule has 1 atom stereocenters. The maximum absolute atomic E-state index is 12.8. The third-order valence-corrected chi connectivity index (χ3v) is 7.32. The zero-order valence-corrected chi connectivity index (χ0v) is 19.1. The maximum atomic E-state index is 12.8. The molecule has 0 saturated heterocycles. The molecule has 7 nitrogen and oxygen atoms in total.